The smallest absolute Gasteiger partial charge is 0.395 e. The van der Waals surface area contributed by atoms with Crippen LogP contribution in [0, 0.1) is 20.8 Å². The Bertz CT molecular complexity index is 2100. The van der Waals surface area contributed by atoms with Crippen LogP contribution in [0.3, 0.4) is 0 Å². The van der Waals surface area contributed by atoms with E-state index in [1.54, 1.807) is 97.9 Å². The van der Waals surface area contributed by atoms with Gasteiger partial charge >= 0.3 is 12.3 Å². The highest BCUT2D eigenvalue weighted by Gasteiger charge is 2.37. The summed E-state index contributed by atoms with van der Waals surface area (Å²) in [7, 11) is 0. The lowest BCUT2D eigenvalue weighted by atomic mass is 9.83. The van der Waals surface area contributed by atoms with Gasteiger partial charge < -0.3 is 18.9 Å². The first-order chi connectivity index (χ1) is 20.7. The molecule has 0 saturated heterocycles. The van der Waals surface area contributed by atoms with Gasteiger partial charge in [-0.3, -0.25) is 9.59 Å². The minimum Gasteiger partial charge on any atom is -0.395 e. The molecule has 0 amide bonds. The summed E-state index contributed by atoms with van der Waals surface area (Å²) < 4.78 is 21.7. The van der Waals surface area contributed by atoms with Gasteiger partial charge in [0.05, 0.1) is 0 Å². The van der Waals surface area contributed by atoms with Crippen LogP contribution in [0.5, 0.6) is 11.5 Å². The van der Waals surface area contributed by atoms with Crippen LogP contribution >= 0.6 is 0 Å². The Labute approximate surface area is 245 Å². The number of carbonyl (C=O) groups excluding carboxylic acids is 4. The van der Waals surface area contributed by atoms with E-state index in [1.807, 2.05) is 13.8 Å². The third kappa shape index (κ3) is 5.22. The normalized spacial score (nSPS) is 13.6. The molecule has 0 N–H and O–H groups in total. The zero-order valence-electron chi connectivity index (χ0n) is 23.4. The highest BCUT2D eigenvalue weighted by molar-refractivity contribution is 6.58. The van der Waals surface area contributed by atoms with Crippen LogP contribution in [0.25, 0.3) is 22.7 Å². The molecule has 0 bridgehead atoms. The third-order valence-corrected chi connectivity index (χ3v) is 7.06. The molecular weight excluding hydrogens is 548 g/mol. The van der Waals surface area contributed by atoms with Gasteiger partial charge in [-0.05, 0) is 61.5 Å². The van der Waals surface area contributed by atoms with Crippen LogP contribution in [0.2, 0.25) is 0 Å². The lowest BCUT2D eigenvalue weighted by molar-refractivity contribution is -0.112. The first kappa shape index (κ1) is 27.4. The number of ketones is 2. The first-order valence-corrected chi connectivity index (χ1v) is 13.4. The summed E-state index contributed by atoms with van der Waals surface area (Å²) >= 11 is 0. The van der Waals surface area contributed by atoms with Gasteiger partial charge in [0.2, 0.25) is 11.6 Å². The molecule has 4 aromatic rings. The minimum atomic E-state index is -1.10. The molecule has 0 aliphatic heterocycles. The standard InChI is InChI=1S/C35H24O8/c1-19-8-13-22(14-9-19)40-34(38)42-32-26-7-5-4-6-24(26)28-29(30(32)36)25-17-12-21(3)18-27(25)33(31(28)37)43-35(39)41-23-15-10-20(2)11-16-23/h4-18H,1-3H3. The van der Waals surface area contributed by atoms with E-state index in [0.717, 1.165) is 16.7 Å². The van der Waals surface area contributed by atoms with Gasteiger partial charge in [-0.15, -0.1) is 0 Å². The van der Waals surface area contributed by atoms with Gasteiger partial charge in [-0.1, -0.05) is 77.4 Å². The molecule has 4 aromatic carbocycles. The molecule has 0 unspecified atom stereocenters. The number of rotatable bonds is 4. The summed E-state index contributed by atoms with van der Waals surface area (Å²) in [5.74, 6) is -1.44. The van der Waals surface area contributed by atoms with Crippen molar-refractivity contribution in [3.63, 3.8) is 0 Å². The van der Waals surface area contributed by atoms with Crippen molar-refractivity contribution >= 4 is 46.5 Å². The fourth-order valence-corrected chi connectivity index (χ4v) is 4.99. The minimum absolute atomic E-state index is 0.0225. The van der Waals surface area contributed by atoms with E-state index in [4.69, 9.17) is 18.9 Å². The highest BCUT2D eigenvalue weighted by atomic mass is 16.7. The molecule has 43 heavy (non-hydrogen) atoms. The Morgan fingerprint density at radius 2 is 0.884 bits per heavy atom. The monoisotopic (exact) mass is 572 g/mol. The molecule has 8 heteroatoms. The summed E-state index contributed by atoms with van der Waals surface area (Å²) in [4.78, 5) is 53.7. The fourth-order valence-electron chi connectivity index (χ4n) is 4.99. The maximum absolute atomic E-state index is 14.1. The van der Waals surface area contributed by atoms with E-state index in [-0.39, 0.29) is 44.6 Å². The topological polar surface area (TPSA) is 105 Å². The Morgan fingerprint density at radius 1 is 0.465 bits per heavy atom. The van der Waals surface area contributed by atoms with Crippen LogP contribution in [0.15, 0.2) is 91.0 Å². The molecule has 8 nitrogen and oxygen atoms in total. The maximum Gasteiger partial charge on any atom is 0.519 e. The quantitative estimate of drug-likeness (QED) is 0.271. The molecule has 2 aliphatic rings. The number of benzene rings is 4. The van der Waals surface area contributed by atoms with E-state index < -0.39 is 23.9 Å². The second-order valence-corrected chi connectivity index (χ2v) is 10.2. The predicted molar refractivity (Wildman–Crippen MR) is 156 cm³/mol. The lowest BCUT2D eigenvalue weighted by Crippen LogP contribution is -2.48. The van der Waals surface area contributed by atoms with Gasteiger partial charge in [-0.2, -0.15) is 0 Å². The average Bonchev–Trinajstić information content (AvgIpc) is 2.99. The Hall–Kier alpha value is -5.76. The number of fused-ring (bicyclic) bond motifs is 3. The van der Waals surface area contributed by atoms with Gasteiger partial charge in [-0.25, -0.2) is 9.59 Å². The van der Waals surface area contributed by atoms with E-state index in [1.165, 1.54) is 0 Å². The van der Waals surface area contributed by atoms with E-state index in [0.29, 0.717) is 10.4 Å². The van der Waals surface area contributed by atoms with Gasteiger partial charge in [0.25, 0.3) is 0 Å². The zero-order valence-corrected chi connectivity index (χ0v) is 23.4. The number of Topliss-reactive ketones (excluding diaryl/α,β-unsaturated/α-hetero) is 2. The average molecular weight is 573 g/mol. The first-order valence-electron chi connectivity index (χ1n) is 13.4. The molecule has 0 spiro atoms. The summed E-state index contributed by atoms with van der Waals surface area (Å²) in [6, 6.07) is 25.1. The van der Waals surface area contributed by atoms with Crippen molar-refractivity contribution in [3.8, 4) is 11.5 Å². The Morgan fingerprint density at radius 3 is 1.40 bits per heavy atom. The second kappa shape index (κ2) is 10.9. The van der Waals surface area contributed by atoms with Crippen molar-refractivity contribution in [2.75, 3.05) is 0 Å². The van der Waals surface area contributed by atoms with E-state index in [2.05, 4.69) is 0 Å². The molecule has 212 valence electrons. The van der Waals surface area contributed by atoms with Crippen molar-refractivity contribution in [2.45, 2.75) is 20.8 Å². The number of hydrogen-bond acceptors (Lipinski definition) is 8. The second-order valence-electron chi connectivity index (χ2n) is 10.2. The van der Waals surface area contributed by atoms with Gasteiger partial charge in [0.1, 0.15) is 11.5 Å². The number of aryl methyl sites for hydroxylation is 3. The van der Waals surface area contributed by atoms with Crippen LogP contribution < -0.4 is 30.3 Å². The van der Waals surface area contributed by atoms with Crippen molar-refractivity contribution in [3.05, 3.63) is 129 Å². The molecule has 0 atom stereocenters. The van der Waals surface area contributed by atoms with Crippen LogP contribution in [0.1, 0.15) is 16.7 Å². The molecular formula is C35H24O8. The van der Waals surface area contributed by atoms with E-state index in [9.17, 15) is 19.2 Å². The highest BCUT2D eigenvalue weighted by Crippen LogP contribution is 2.26. The molecule has 0 saturated carbocycles. The summed E-state index contributed by atoms with van der Waals surface area (Å²) in [5, 5.41) is 1.13. The van der Waals surface area contributed by atoms with Crippen LogP contribution in [-0.2, 0) is 19.1 Å². The molecule has 0 radical (unpaired) electrons. The summed E-state index contributed by atoms with van der Waals surface area (Å²) in [5.41, 5.74) is 2.76. The van der Waals surface area contributed by atoms with Crippen molar-refractivity contribution in [1.82, 2.24) is 0 Å². The summed E-state index contributed by atoms with van der Waals surface area (Å²) in [6.45, 7) is 5.59. The zero-order chi connectivity index (χ0) is 30.2. The molecule has 0 fully saturated rings. The van der Waals surface area contributed by atoms with Crippen molar-refractivity contribution < 1.29 is 38.1 Å². The van der Waals surface area contributed by atoms with E-state index >= 15 is 0 Å². The van der Waals surface area contributed by atoms with Gasteiger partial charge in [0, 0.05) is 21.6 Å². The number of hydrogen-bond donors (Lipinski definition) is 0. The summed E-state index contributed by atoms with van der Waals surface area (Å²) in [6.07, 6.45) is -2.21. The largest absolute Gasteiger partial charge is 0.519 e. The molecule has 0 aromatic heterocycles. The van der Waals surface area contributed by atoms with Crippen LogP contribution in [0.4, 0.5) is 9.59 Å². The third-order valence-electron chi connectivity index (χ3n) is 7.06. The number of carbonyl (C=O) groups is 4. The van der Waals surface area contributed by atoms with Crippen molar-refractivity contribution in [2.24, 2.45) is 0 Å². The Balaban J connectivity index is 1.47. The Kier molecular flexibility index (Phi) is 6.95. The lowest BCUT2D eigenvalue weighted by Gasteiger charge is -2.22. The predicted octanol–water partition coefficient (Wildman–Crippen LogP) is 3.43. The van der Waals surface area contributed by atoms with Crippen molar-refractivity contribution in [1.29, 1.82) is 0 Å². The van der Waals surface area contributed by atoms with Crippen LogP contribution in [-0.4, -0.2) is 23.9 Å². The SMILES string of the molecule is Cc1ccc(OC(=O)OC2=c3ccccc3=C3C(=O)C(OC(=O)Oc4ccc(C)cc4)=c4cc(C)ccc4=C3C2=O)cc1. The maximum atomic E-state index is 14.1. The fraction of sp³-hybridized carbons (Fsp3) is 0.0857. The number of ether oxygens (including phenoxy) is 4. The molecule has 6 rings (SSSR count). The molecule has 2 aliphatic carbocycles. The molecule has 0 heterocycles. The van der Waals surface area contributed by atoms with Gasteiger partial charge in [0.15, 0.2) is 11.5 Å².